The SMILES string of the molecule is CN(C)C(=O)c1ccc(N)cc1Nc1cccc(Br)c1. The van der Waals surface area contributed by atoms with Gasteiger partial charge in [0.25, 0.3) is 5.91 Å². The fourth-order valence-electron chi connectivity index (χ4n) is 1.81. The van der Waals surface area contributed by atoms with Crippen LogP contribution in [0.15, 0.2) is 46.9 Å². The maximum atomic E-state index is 12.2. The largest absolute Gasteiger partial charge is 0.399 e. The minimum absolute atomic E-state index is 0.0671. The lowest BCUT2D eigenvalue weighted by molar-refractivity contribution is 0.0828. The van der Waals surface area contributed by atoms with Gasteiger partial charge in [0.1, 0.15) is 0 Å². The van der Waals surface area contributed by atoms with Crippen LogP contribution >= 0.6 is 15.9 Å². The molecule has 0 aliphatic heterocycles. The summed E-state index contributed by atoms with van der Waals surface area (Å²) in [6.07, 6.45) is 0. The first-order valence-electron chi connectivity index (χ1n) is 6.11. The van der Waals surface area contributed by atoms with Gasteiger partial charge in [-0.2, -0.15) is 0 Å². The van der Waals surface area contributed by atoms with Crippen molar-refractivity contribution in [1.82, 2.24) is 4.90 Å². The van der Waals surface area contributed by atoms with Crippen LogP contribution < -0.4 is 11.1 Å². The third-order valence-electron chi connectivity index (χ3n) is 2.78. The van der Waals surface area contributed by atoms with Gasteiger partial charge in [0.05, 0.1) is 11.3 Å². The van der Waals surface area contributed by atoms with Crippen molar-refractivity contribution in [2.24, 2.45) is 0 Å². The number of hydrogen-bond acceptors (Lipinski definition) is 3. The average Bonchev–Trinajstić information content (AvgIpc) is 2.38. The van der Waals surface area contributed by atoms with Crippen LogP contribution in [0, 0.1) is 0 Å². The van der Waals surface area contributed by atoms with Gasteiger partial charge in [-0.05, 0) is 36.4 Å². The Morgan fingerprint density at radius 2 is 1.95 bits per heavy atom. The van der Waals surface area contributed by atoms with Gasteiger partial charge in [-0.25, -0.2) is 0 Å². The normalized spacial score (nSPS) is 10.2. The molecule has 0 saturated carbocycles. The van der Waals surface area contributed by atoms with Crippen molar-refractivity contribution in [3.8, 4) is 0 Å². The molecule has 3 N–H and O–H groups in total. The quantitative estimate of drug-likeness (QED) is 0.845. The smallest absolute Gasteiger partial charge is 0.255 e. The zero-order valence-corrected chi connectivity index (χ0v) is 12.9. The Labute approximate surface area is 126 Å². The van der Waals surface area contributed by atoms with E-state index in [-0.39, 0.29) is 5.91 Å². The molecular formula is C15H16BrN3O. The minimum Gasteiger partial charge on any atom is -0.399 e. The van der Waals surface area contributed by atoms with Gasteiger partial charge < -0.3 is 16.0 Å². The molecule has 0 radical (unpaired) electrons. The third-order valence-corrected chi connectivity index (χ3v) is 3.28. The summed E-state index contributed by atoms with van der Waals surface area (Å²) in [6, 6.07) is 13.0. The van der Waals surface area contributed by atoms with E-state index in [1.807, 2.05) is 24.3 Å². The van der Waals surface area contributed by atoms with E-state index in [4.69, 9.17) is 5.73 Å². The highest BCUT2D eigenvalue weighted by Crippen LogP contribution is 2.26. The Kier molecular flexibility index (Phi) is 4.29. The lowest BCUT2D eigenvalue weighted by Gasteiger charge is -2.16. The van der Waals surface area contributed by atoms with E-state index in [1.54, 1.807) is 32.3 Å². The minimum atomic E-state index is -0.0671. The van der Waals surface area contributed by atoms with Crippen molar-refractivity contribution in [3.63, 3.8) is 0 Å². The number of halogens is 1. The van der Waals surface area contributed by atoms with Crippen LogP contribution in [0.4, 0.5) is 17.1 Å². The molecule has 0 saturated heterocycles. The van der Waals surface area contributed by atoms with Crippen molar-refractivity contribution in [3.05, 3.63) is 52.5 Å². The van der Waals surface area contributed by atoms with Gasteiger partial charge in [0.2, 0.25) is 0 Å². The molecule has 2 rings (SSSR count). The molecule has 4 nitrogen and oxygen atoms in total. The number of amides is 1. The first kappa shape index (κ1) is 14.4. The van der Waals surface area contributed by atoms with Gasteiger partial charge in [-0.15, -0.1) is 0 Å². The summed E-state index contributed by atoms with van der Waals surface area (Å²) >= 11 is 3.42. The van der Waals surface area contributed by atoms with Gasteiger partial charge >= 0.3 is 0 Å². The molecule has 0 atom stereocenters. The highest BCUT2D eigenvalue weighted by Gasteiger charge is 2.13. The predicted molar refractivity (Wildman–Crippen MR) is 86.3 cm³/mol. The third kappa shape index (κ3) is 3.30. The van der Waals surface area contributed by atoms with Crippen LogP contribution in [0.25, 0.3) is 0 Å². The van der Waals surface area contributed by atoms with Crippen LogP contribution in [0.1, 0.15) is 10.4 Å². The highest BCUT2D eigenvalue weighted by atomic mass is 79.9. The molecular weight excluding hydrogens is 318 g/mol. The number of nitrogen functional groups attached to an aromatic ring is 1. The summed E-state index contributed by atoms with van der Waals surface area (Å²) in [5.41, 5.74) is 8.59. The molecule has 0 aromatic heterocycles. The van der Waals surface area contributed by atoms with E-state index < -0.39 is 0 Å². The van der Waals surface area contributed by atoms with E-state index in [1.165, 1.54) is 4.90 Å². The summed E-state index contributed by atoms with van der Waals surface area (Å²) in [5, 5.41) is 3.23. The molecule has 2 aromatic carbocycles. The number of carbonyl (C=O) groups is 1. The average molecular weight is 334 g/mol. The second-order valence-electron chi connectivity index (χ2n) is 4.64. The fourth-order valence-corrected chi connectivity index (χ4v) is 2.21. The Bertz CT molecular complexity index is 641. The number of anilines is 3. The zero-order chi connectivity index (χ0) is 14.7. The number of nitrogens with two attached hydrogens (primary N) is 1. The second kappa shape index (κ2) is 5.96. The van der Waals surface area contributed by atoms with Crippen molar-refractivity contribution in [1.29, 1.82) is 0 Å². The molecule has 104 valence electrons. The molecule has 0 heterocycles. The number of rotatable bonds is 3. The van der Waals surface area contributed by atoms with Crippen LogP contribution in [0.5, 0.6) is 0 Å². The second-order valence-corrected chi connectivity index (χ2v) is 5.56. The van der Waals surface area contributed by atoms with E-state index in [9.17, 15) is 4.79 Å². The van der Waals surface area contributed by atoms with E-state index in [0.717, 1.165) is 10.2 Å². The maximum absolute atomic E-state index is 12.2. The Balaban J connectivity index is 2.39. The summed E-state index contributed by atoms with van der Waals surface area (Å²) in [4.78, 5) is 13.7. The van der Waals surface area contributed by atoms with E-state index >= 15 is 0 Å². The molecule has 2 aromatic rings. The molecule has 0 aliphatic carbocycles. The van der Waals surface area contributed by atoms with Crippen LogP contribution in [0.2, 0.25) is 0 Å². The van der Waals surface area contributed by atoms with Gasteiger partial charge in [-0.3, -0.25) is 4.79 Å². The standard InChI is InChI=1S/C15H16BrN3O/c1-19(2)15(20)13-7-6-11(17)9-14(13)18-12-5-3-4-10(16)8-12/h3-9,18H,17H2,1-2H3. The molecule has 0 fully saturated rings. The van der Waals surface area contributed by atoms with Crippen molar-refractivity contribution in [2.75, 3.05) is 25.1 Å². The topological polar surface area (TPSA) is 58.4 Å². The molecule has 0 aliphatic rings. The Morgan fingerprint density at radius 1 is 1.20 bits per heavy atom. The molecule has 20 heavy (non-hydrogen) atoms. The lowest BCUT2D eigenvalue weighted by Crippen LogP contribution is -2.22. The fraction of sp³-hybridized carbons (Fsp3) is 0.133. The molecule has 0 bridgehead atoms. The number of carbonyl (C=O) groups excluding carboxylic acids is 1. The lowest BCUT2D eigenvalue weighted by atomic mass is 10.1. The number of hydrogen-bond donors (Lipinski definition) is 2. The number of nitrogens with zero attached hydrogens (tertiary/aromatic N) is 1. The monoisotopic (exact) mass is 333 g/mol. The zero-order valence-electron chi connectivity index (χ0n) is 11.4. The summed E-state index contributed by atoms with van der Waals surface area (Å²) < 4.78 is 0.965. The van der Waals surface area contributed by atoms with Crippen molar-refractivity contribution >= 4 is 38.9 Å². The van der Waals surface area contributed by atoms with Gasteiger partial charge in [0.15, 0.2) is 0 Å². The molecule has 0 spiro atoms. The predicted octanol–water partition coefficient (Wildman–Crippen LogP) is 3.48. The van der Waals surface area contributed by atoms with Crippen LogP contribution in [0.3, 0.4) is 0 Å². The van der Waals surface area contributed by atoms with Crippen molar-refractivity contribution in [2.45, 2.75) is 0 Å². The van der Waals surface area contributed by atoms with Gasteiger partial charge in [0, 0.05) is 29.9 Å². The first-order chi connectivity index (χ1) is 9.47. The summed E-state index contributed by atoms with van der Waals surface area (Å²) in [7, 11) is 3.45. The van der Waals surface area contributed by atoms with Crippen molar-refractivity contribution < 1.29 is 4.79 Å². The molecule has 1 amide bonds. The van der Waals surface area contributed by atoms with E-state index in [2.05, 4.69) is 21.2 Å². The van der Waals surface area contributed by atoms with Crippen LogP contribution in [-0.2, 0) is 0 Å². The Morgan fingerprint density at radius 3 is 2.60 bits per heavy atom. The summed E-state index contributed by atoms with van der Waals surface area (Å²) in [5.74, 6) is -0.0671. The molecule has 5 heteroatoms. The number of benzene rings is 2. The summed E-state index contributed by atoms with van der Waals surface area (Å²) in [6.45, 7) is 0. The van der Waals surface area contributed by atoms with Gasteiger partial charge in [-0.1, -0.05) is 22.0 Å². The molecule has 0 unspecified atom stereocenters. The maximum Gasteiger partial charge on any atom is 0.255 e. The first-order valence-corrected chi connectivity index (χ1v) is 6.90. The number of nitrogens with one attached hydrogen (secondary N) is 1. The van der Waals surface area contributed by atoms with E-state index in [0.29, 0.717) is 16.9 Å². The highest BCUT2D eigenvalue weighted by molar-refractivity contribution is 9.10. The Hall–Kier alpha value is -2.01. The van der Waals surface area contributed by atoms with Crippen LogP contribution in [-0.4, -0.2) is 24.9 Å².